The Hall–Kier alpha value is -0.520. The van der Waals surface area contributed by atoms with E-state index in [0.29, 0.717) is 6.42 Å². The second-order valence-electron chi connectivity index (χ2n) is 6.08. The zero-order valence-electron chi connectivity index (χ0n) is 12.8. The number of benzene rings is 1. The van der Waals surface area contributed by atoms with Crippen LogP contribution in [0, 0.1) is 0 Å². The molecule has 0 atom stereocenters. The molecule has 0 spiro atoms. The minimum Gasteiger partial charge on any atom is -0.308 e. The third kappa shape index (κ3) is 8.61. The Morgan fingerprint density at radius 2 is 1.95 bits per heavy atom. The smallest absolute Gasteiger partial charge is 0.147 e. The molecule has 0 unspecified atom stereocenters. The fraction of sp³-hybridized carbons (Fsp3) is 0.600. The molecule has 114 valence electrons. The van der Waals surface area contributed by atoms with Crippen LogP contribution in [0.3, 0.4) is 0 Å². The van der Waals surface area contributed by atoms with Crippen molar-refractivity contribution in [3.05, 3.63) is 29.8 Å². The first-order chi connectivity index (χ1) is 9.16. The molecular weight excluding hydrogens is 290 g/mol. The van der Waals surface area contributed by atoms with Crippen LogP contribution in [0.5, 0.6) is 0 Å². The van der Waals surface area contributed by atoms with Crippen LogP contribution >= 0.6 is 11.8 Å². The van der Waals surface area contributed by atoms with Gasteiger partial charge in [-0.25, -0.2) is 8.42 Å². The van der Waals surface area contributed by atoms with Gasteiger partial charge in [0.25, 0.3) is 0 Å². The minimum atomic E-state index is -2.84. The zero-order valence-corrected chi connectivity index (χ0v) is 14.4. The van der Waals surface area contributed by atoms with Crippen molar-refractivity contribution in [2.24, 2.45) is 0 Å². The lowest BCUT2D eigenvalue weighted by Crippen LogP contribution is -2.35. The van der Waals surface area contributed by atoms with E-state index in [1.54, 1.807) is 11.8 Å². The summed E-state index contributed by atoms with van der Waals surface area (Å²) in [6.45, 7) is 7.30. The average molecular weight is 316 g/mol. The molecule has 0 bridgehead atoms. The average Bonchev–Trinajstić information content (AvgIpc) is 2.31. The molecule has 0 aliphatic carbocycles. The summed E-state index contributed by atoms with van der Waals surface area (Å²) in [7, 11) is -2.84. The van der Waals surface area contributed by atoms with Gasteiger partial charge in [0.15, 0.2) is 0 Å². The lowest BCUT2D eigenvalue weighted by atomic mass is 10.1. The topological polar surface area (TPSA) is 46.2 Å². The maximum absolute atomic E-state index is 11.1. The Kier molecular flexibility index (Phi) is 6.55. The van der Waals surface area contributed by atoms with Crippen LogP contribution < -0.4 is 5.32 Å². The highest BCUT2D eigenvalue weighted by Crippen LogP contribution is 2.20. The van der Waals surface area contributed by atoms with Crippen molar-refractivity contribution in [3.8, 4) is 0 Å². The minimum absolute atomic E-state index is 0.110. The van der Waals surface area contributed by atoms with Crippen molar-refractivity contribution in [2.75, 3.05) is 17.8 Å². The van der Waals surface area contributed by atoms with Gasteiger partial charge in [0.05, 0.1) is 5.75 Å². The summed E-state index contributed by atoms with van der Waals surface area (Å²) < 4.78 is 22.1. The normalized spacial score (nSPS) is 12.6. The number of thioether (sulfide) groups is 1. The predicted octanol–water partition coefficient (Wildman–Crippen LogP) is 3.10. The molecule has 0 radical (unpaired) electrons. The molecule has 1 rings (SSSR count). The van der Waals surface area contributed by atoms with Crippen LogP contribution in [0.2, 0.25) is 0 Å². The Balaban J connectivity index is 2.44. The summed E-state index contributed by atoms with van der Waals surface area (Å²) in [5, 5.41) is 3.46. The molecular formula is C15H25NO2S2. The SMILES string of the molecule is CC(C)(C)NCc1cccc(SCCCS(C)(=O)=O)c1. The third-order valence-corrected chi connectivity index (χ3v) is 4.76. The molecule has 0 saturated heterocycles. The van der Waals surface area contributed by atoms with Crippen LogP contribution in [0.1, 0.15) is 32.8 Å². The number of sulfone groups is 1. The van der Waals surface area contributed by atoms with Gasteiger partial charge in [0, 0.05) is 23.2 Å². The van der Waals surface area contributed by atoms with Crippen molar-refractivity contribution in [3.63, 3.8) is 0 Å². The van der Waals surface area contributed by atoms with Crippen LogP contribution in [0.15, 0.2) is 29.2 Å². The largest absolute Gasteiger partial charge is 0.308 e. The number of rotatable bonds is 7. The molecule has 0 saturated carbocycles. The lowest BCUT2D eigenvalue weighted by molar-refractivity contribution is 0.424. The fourth-order valence-electron chi connectivity index (χ4n) is 1.62. The van der Waals surface area contributed by atoms with E-state index < -0.39 is 9.84 Å². The van der Waals surface area contributed by atoms with Gasteiger partial charge in [-0.15, -0.1) is 11.8 Å². The lowest BCUT2D eigenvalue weighted by Gasteiger charge is -2.20. The first kappa shape index (κ1) is 17.5. The maximum Gasteiger partial charge on any atom is 0.147 e. The molecule has 0 amide bonds. The second kappa shape index (κ2) is 7.48. The van der Waals surface area contributed by atoms with Gasteiger partial charge in [-0.05, 0) is 50.6 Å². The van der Waals surface area contributed by atoms with E-state index >= 15 is 0 Å². The van der Waals surface area contributed by atoms with Gasteiger partial charge in [-0.3, -0.25) is 0 Å². The van der Waals surface area contributed by atoms with E-state index in [2.05, 4.69) is 50.4 Å². The van der Waals surface area contributed by atoms with Crippen molar-refractivity contribution >= 4 is 21.6 Å². The molecule has 0 fully saturated rings. The maximum atomic E-state index is 11.1. The van der Waals surface area contributed by atoms with Gasteiger partial charge >= 0.3 is 0 Å². The molecule has 0 aromatic heterocycles. The molecule has 0 aliphatic rings. The molecule has 0 aliphatic heterocycles. The molecule has 1 aromatic rings. The zero-order chi connectivity index (χ0) is 15.2. The molecule has 1 aromatic carbocycles. The van der Waals surface area contributed by atoms with E-state index in [1.807, 2.05) is 0 Å². The molecule has 0 heterocycles. The van der Waals surface area contributed by atoms with Gasteiger partial charge < -0.3 is 5.32 Å². The number of hydrogen-bond acceptors (Lipinski definition) is 4. The Morgan fingerprint density at radius 1 is 1.25 bits per heavy atom. The predicted molar refractivity (Wildman–Crippen MR) is 88.1 cm³/mol. The second-order valence-corrected chi connectivity index (χ2v) is 9.51. The number of hydrogen-bond donors (Lipinski definition) is 1. The molecule has 1 N–H and O–H groups in total. The van der Waals surface area contributed by atoms with E-state index in [4.69, 9.17) is 0 Å². The summed E-state index contributed by atoms with van der Waals surface area (Å²) in [4.78, 5) is 1.20. The third-order valence-electron chi connectivity index (χ3n) is 2.65. The monoisotopic (exact) mass is 315 g/mol. The number of nitrogens with one attached hydrogen (secondary N) is 1. The molecule has 20 heavy (non-hydrogen) atoms. The van der Waals surface area contributed by atoms with Crippen molar-refractivity contribution in [1.29, 1.82) is 0 Å². The van der Waals surface area contributed by atoms with E-state index in [9.17, 15) is 8.42 Å². The van der Waals surface area contributed by atoms with Crippen LogP contribution in [-0.4, -0.2) is 31.7 Å². The van der Waals surface area contributed by atoms with Gasteiger partial charge in [0.2, 0.25) is 0 Å². The highest BCUT2D eigenvalue weighted by atomic mass is 32.2. The van der Waals surface area contributed by atoms with E-state index in [0.717, 1.165) is 12.3 Å². The van der Waals surface area contributed by atoms with Crippen LogP contribution in [-0.2, 0) is 16.4 Å². The first-order valence-electron chi connectivity index (χ1n) is 6.80. The van der Waals surface area contributed by atoms with Crippen LogP contribution in [0.4, 0.5) is 0 Å². The van der Waals surface area contributed by atoms with E-state index in [1.165, 1.54) is 16.7 Å². The highest BCUT2D eigenvalue weighted by Gasteiger charge is 2.08. The quantitative estimate of drug-likeness (QED) is 0.620. The van der Waals surface area contributed by atoms with E-state index in [-0.39, 0.29) is 11.3 Å². The Morgan fingerprint density at radius 3 is 2.55 bits per heavy atom. The standard InChI is InChI=1S/C15H25NO2S2/c1-15(2,3)16-12-13-7-5-8-14(11-13)19-9-6-10-20(4,17)18/h5,7-8,11,16H,6,9-10,12H2,1-4H3. The van der Waals surface area contributed by atoms with Gasteiger partial charge in [-0.1, -0.05) is 12.1 Å². The van der Waals surface area contributed by atoms with Crippen molar-refractivity contribution in [2.45, 2.75) is 44.2 Å². The highest BCUT2D eigenvalue weighted by molar-refractivity contribution is 7.99. The molecule has 5 heteroatoms. The van der Waals surface area contributed by atoms with Crippen molar-refractivity contribution in [1.82, 2.24) is 5.32 Å². The fourth-order valence-corrected chi connectivity index (χ4v) is 3.41. The first-order valence-corrected chi connectivity index (χ1v) is 9.85. The Bertz CT molecular complexity index is 519. The summed E-state index contributed by atoms with van der Waals surface area (Å²) in [6, 6.07) is 8.41. The summed E-state index contributed by atoms with van der Waals surface area (Å²) >= 11 is 1.72. The molecule has 3 nitrogen and oxygen atoms in total. The summed E-state index contributed by atoms with van der Waals surface area (Å²) in [6.07, 6.45) is 1.99. The summed E-state index contributed by atoms with van der Waals surface area (Å²) in [5.41, 5.74) is 1.37. The van der Waals surface area contributed by atoms with Crippen molar-refractivity contribution < 1.29 is 8.42 Å². The summed E-state index contributed by atoms with van der Waals surface area (Å²) in [5.74, 6) is 1.11. The van der Waals surface area contributed by atoms with Gasteiger partial charge in [0.1, 0.15) is 9.84 Å². The van der Waals surface area contributed by atoms with Gasteiger partial charge in [-0.2, -0.15) is 0 Å². The Labute approximate surface area is 127 Å². The van der Waals surface area contributed by atoms with Crippen LogP contribution in [0.25, 0.3) is 0 Å².